The number of carbonyl (C=O) groups is 1. The average molecular weight is 266 g/mol. The van der Waals surface area contributed by atoms with Crippen molar-refractivity contribution in [2.24, 2.45) is 0 Å². The first kappa shape index (κ1) is 12.4. The Kier molecular flexibility index (Phi) is 3.21. The van der Waals surface area contributed by atoms with Crippen molar-refractivity contribution in [1.29, 1.82) is 0 Å². The standard InChI is InChI=1S/C16H14N2O2/c1-11(19)9-12-7-8-14-15(10-12)20-16(18-14)17-13-5-3-2-4-6-13/h2-8,10H,9H2,1H3,(H,17,18). The molecule has 1 heterocycles. The first-order valence-electron chi connectivity index (χ1n) is 6.42. The number of hydrogen-bond acceptors (Lipinski definition) is 4. The monoisotopic (exact) mass is 266 g/mol. The van der Waals surface area contributed by atoms with Crippen LogP contribution in [0.5, 0.6) is 0 Å². The quantitative estimate of drug-likeness (QED) is 0.782. The normalized spacial score (nSPS) is 10.7. The number of fused-ring (bicyclic) bond motifs is 1. The fourth-order valence-electron chi connectivity index (χ4n) is 2.06. The topological polar surface area (TPSA) is 55.1 Å². The molecule has 0 atom stereocenters. The molecule has 1 aromatic heterocycles. The Morgan fingerprint density at radius 3 is 2.75 bits per heavy atom. The van der Waals surface area contributed by atoms with Crippen LogP contribution in [0.1, 0.15) is 12.5 Å². The second kappa shape index (κ2) is 5.17. The fourth-order valence-corrected chi connectivity index (χ4v) is 2.06. The molecule has 4 heteroatoms. The summed E-state index contributed by atoms with van der Waals surface area (Å²) < 4.78 is 5.66. The molecule has 0 bridgehead atoms. The van der Waals surface area contributed by atoms with E-state index in [1.165, 1.54) is 0 Å². The van der Waals surface area contributed by atoms with Crippen LogP contribution in [0.25, 0.3) is 11.1 Å². The first-order chi connectivity index (χ1) is 9.70. The molecule has 0 saturated carbocycles. The average Bonchev–Trinajstić information content (AvgIpc) is 2.80. The van der Waals surface area contributed by atoms with Crippen molar-refractivity contribution in [3.05, 3.63) is 54.1 Å². The summed E-state index contributed by atoms with van der Waals surface area (Å²) >= 11 is 0. The molecule has 0 unspecified atom stereocenters. The van der Waals surface area contributed by atoms with Crippen molar-refractivity contribution in [3.8, 4) is 0 Å². The molecular weight excluding hydrogens is 252 g/mol. The molecule has 100 valence electrons. The maximum Gasteiger partial charge on any atom is 0.300 e. The van der Waals surface area contributed by atoms with E-state index >= 15 is 0 Å². The summed E-state index contributed by atoms with van der Waals surface area (Å²) in [5.74, 6) is 0.131. The minimum Gasteiger partial charge on any atom is -0.423 e. The number of rotatable bonds is 4. The van der Waals surface area contributed by atoms with Gasteiger partial charge in [-0.1, -0.05) is 24.3 Å². The molecule has 3 aromatic rings. The Morgan fingerprint density at radius 2 is 2.00 bits per heavy atom. The zero-order valence-corrected chi connectivity index (χ0v) is 11.1. The van der Waals surface area contributed by atoms with Gasteiger partial charge in [0.2, 0.25) is 0 Å². The third-order valence-corrected chi connectivity index (χ3v) is 2.93. The van der Waals surface area contributed by atoms with Crippen molar-refractivity contribution in [1.82, 2.24) is 4.98 Å². The van der Waals surface area contributed by atoms with Crippen LogP contribution < -0.4 is 5.32 Å². The molecule has 0 amide bonds. The van der Waals surface area contributed by atoms with Crippen LogP contribution in [0.2, 0.25) is 0 Å². The number of para-hydroxylation sites is 1. The fraction of sp³-hybridized carbons (Fsp3) is 0.125. The van der Waals surface area contributed by atoms with Crippen LogP contribution >= 0.6 is 0 Å². The lowest BCUT2D eigenvalue weighted by Gasteiger charge is -1.99. The lowest BCUT2D eigenvalue weighted by molar-refractivity contribution is -0.116. The highest BCUT2D eigenvalue weighted by Crippen LogP contribution is 2.23. The Bertz CT molecular complexity index is 748. The molecule has 0 aliphatic carbocycles. The van der Waals surface area contributed by atoms with Gasteiger partial charge in [-0.15, -0.1) is 0 Å². The van der Waals surface area contributed by atoms with Gasteiger partial charge in [0.05, 0.1) is 0 Å². The van der Waals surface area contributed by atoms with Crippen molar-refractivity contribution < 1.29 is 9.21 Å². The van der Waals surface area contributed by atoms with Crippen LogP contribution in [-0.4, -0.2) is 10.8 Å². The van der Waals surface area contributed by atoms with E-state index in [9.17, 15) is 4.79 Å². The van der Waals surface area contributed by atoms with Gasteiger partial charge < -0.3 is 9.73 Å². The number of ketones is 1. The van der Waals surface area contributed by atoms with Crippen molar-refractivity contribution >= 4 is 28.6 Å². The van der Waals surface area contributed by atoms with Gasteiger partial charge in [-0.05, 0) is 36.8 Å². The van der Waals surface area contributed by atoms with Gasteiger partial charge in [0.15, 0.2) is 5.58 Å². The number of Topliss-reactive ketones (excluding diaryl/α,β-unsaturated/α-hetero) is 1. The van der Waals surface area contributed by atoms with Crippen LogP contribution in [0.3, 0.4) is 0 Å². The highest BCUT2D eigenvalue weighted by molar-refractivity contribution is 5.81. The number of oxazole rings is 1. The lowest BCUT2D eigenvalue weighted by atomic mass is 10.1. The molecule has 0 aliphatic rings. The maximum atomic E-state index is 11.1. The zero-order valence-electron chi connectivity index (χ0n) is 11.1. The van der Waals surface area contributed by atoms with Gasteiger partial charge in [-0.25, -0.2) is 0 Å². The Morgan fingerprint density at radius 1 is 1.20 bits per heavy atom. The number of hydrogen-bond donors (Lipinski definition) is 1. The number of aromatic nitrogens is 1. The van der Waals surface area contributed by atoms with E-state index in [1.807, 2.05) is 48.5 Å². The van der Waals surface area contributed by atoms with Crippen LogP contribution in [0.4, 0.5) is 11.7 Å². The highest BCUT2D eigenvalue weighted by atomic mass is 16.4. The largest absolute Gasteiger partial charge is 0.423 e. The van der Waals surface area contributed by atoms with E-state index in [0.717, 1.165) is 16.8 Å². The molecule has 2 aromatic carbocycles. The number of nitrogens with zero attached hydrogens (tertiary/aromatic N) is 1. The van der Waals surface area contributed by atoms with Crippen LogP contribution in [0, 0.1) is 0 Å². The maximum absolute atomic E-state index is 11.1. The molecule has 4 nitrogen and oxygen atoms in total. The summed E-state index contributed by atoms with van der Waals surface area (Å²) in [5, 5.41) is 3.11. The third kappa shape index (κ3) is 2.69. The van der Waals surface area contributed by atoms with Gasteiger partial charge in [0.1, 0.15) is 11.3 Å². The molecular formula is C16H14N2O2. The Balaban J connectivity index is 1.88. The molecule has 0 aliphatic heterocycles. The predicted molar refractivity (Wildman–Crippen MR) is 78.1 cm³/mol. The van der Waals surface area contributed by atoms with Gasteiger partial charge in [-0.3, -0.25) is 4.79 Å². The van der Waals surface area contributed by atoms with Crippen molar-refractivity contribution in [2.75, 3.05) is 5.32 Å². The summed E-state index contributed by atoms with van der Waals surface area (Å²) in [6, 6.07) is 15.8. The van der Waals surface area contributed by atoms with Crippen molar-refractivity contribution in [2.45, 2.75) is 13.3 Å². The molecule has 0 spiro atoms. The predicted octanol–water partition coefficient (Wildman–Crippen LogP) is 3.70. The van der Waals surface area contributed by atoms with Gasteiger partial charge >= 0.3 is 0 Å². The van der Waals surface area contributed by atoms with E-state index in [2.05, 4.69) is 10.3 Å². The minimum absolute atomic E-state index is 0.131. The van der Waals surface area contributed by atoms with E-state index in [-0.39, 0.29) is 5.78 Å². The summed E-state index contributed by atoms with van der Waals surface area (Å²) in [7, 11) is 0. The smallest absolute Gasteiger partial charge is 0.300 e. The van der Waals surface area contributed by atoms with Gasteiger partial charge in [0, 0.05) is 12.1 Å². The molecule has 0 radical (unpaired) electrons. The minimum atomic E-state index is 0.131. The number of nitrogens with one attached hydrogen (secondary N) is 1. The van der Waals surface area contributed by atoms with Gasteiger partial charge in [0.25, 0.3) is 6.01 Å². The van der Waals surface area contributed by atoms with Crippen LogP contribution in [-0.2, 0) is 11.2 Å². The van der Waals surface area contributed by atoms with E-state index in [4.69, 9.17) is 4.42 Å². The van der Waals surface area contributed by atoms with E-state index in [1.54, 1.807) is 6.92 Å². The highest BCUT2D eigenvalue weighted by Gasteiger charge is 2.07. The summed E-state index contributed by atoms with van der Waals surface area (Å²) in [6.45, 7) is 1.58. The molecule has 20 heavy (non-hydrogen) atoms. The molecule has 1 N–H and O–H groups in total. The first-order valence-corrected chi connectivity index (χ1v) is 6.42. The summed E-state index contributed by atoms with van der Waals surface area (Å²) in [6.07, 6.45) is 0.415. The van der Waals surface area contributed by atoms with E-state index in [0.29, 0.717) is 18.0 Å². The lowest BCUT2D eigenvalue weighted by Crippen LogP contribution is -1.95. The van der Waals surface area contributed by atoms with Crippen molar-refractivity contribution in [3.63, 3.8) is 0 Å². The second-order valence-electron chi connectivity index (χ2n) is 4.69. The van der Waals surface area contributed by atoms with Crippen LogP contribution in [0.15, 0.2) is 52.9 Å². The Hall–Kier alpha value is -2.62. The number of anilines is 2. The summed E-state index contributed by atoms with van der Waals surface area (Å²) in [5.41, 5.74) is 3.31. The van der Waals surface area contributed by atoms with E-state index < -0.39 is 0 Å². The molecule has 0 fully saturated rings. The summed E-state index contributed by atoms with van der Waals surface area (Å²) in [4.78, 5) is 15.5. The van der Waals surface area contributed by atoms with Gasteiger partial charge in [-0.2, -0.15) is 4.98 Å². The SMILES string of the molecule is CC(=O)Cc1ccc2nc(Nc3ccccc3)oc2c1. The molecule has 0 saturated heterocycles. The molecule has 3 rings (SSSR count). The number of benzene rings is 2. The third-order valence-electron chi connectivity index (χ3n) is 2.93. The Labute approximate surface area is 116 Å². The second-order valence-corrected chi connectivity index (χ2v) is 4.69. The number of carbonyl (C=O) groups excluding carboxylic acids is 1. The zero-order chi connectivity index (χ0) is 13.9.